The largest absolute Gasteiger partial charge is 0.490 e. The van der Waals surface area contributed by atoms with Crippen molar-refractivity contribution in [2.24, 2.45) is 11.8 Å². The Balaban J connectivity index is 2.13. The van der Waals surface area contributed by atoms with E-state index in [1.165, 1.54) is 25.6 Å². The topological polar surface area (TPSA) is 85.1 Å². The molecule has 0 radical (unpaired) electrons. The lowest BCUT2D eigenvalue weighted by Gasteiger charge is -2.32. The van der Waals surface area contributed by atoms with Gasteiger partial charge in [-0.1, -0.05) is 6.42 Å². The number of aromatic nitrogens is 2. The van der Waals surface area contributed by atoms with Crippen LogP contribution in [0, 0.1) is 5.92 Å². The summed E-state index contributed by atoms with van der Waals surface area (Å²) in [6.07, 6.45) is 5.36. The molecule has 94 valence electrons. The minimum absolute atomic E-state index is 0.387. The Morgan fingerprint density at radius 2 is 2.12 bits per heavy atom. The van der Waals surface area contributed by atoms with Gasteiger partial charge in [-0.3, -0.25) is 0 Å². The van der Waals surface area contributed by atoms with Crippen LogP contribution in [0.15, 0.2) is 6.33 Å². The zero-order valence-corrected chi connectivity index (χ0v) is 10.2. The van der Waals surface area contributed by atoms with Gasteiger partial charge in [0.05, 0.1) is 7.11 Å². The van der Waals surface area contributed by atoms with Gasteiger partial charge in [0.2, 0.25) is 5.75 Å². The highest BCUT2D eigenvalue weighted by molar-refractivity contribution is 5.63. The van der Waals surface area contributed by atoms with Crippen molar-refractivity contribution < 1.29 is 4.74 Å². The minimum Gasteiger partial charge on any atom is -0.490 e. The van der Waals surface area contributed by atoms with Gasteiger partial charge in [0.1, 0.15) is 6.33 Å². The van der Waals surface area contributed by atoms with Crippen LogP contribution in [-0.2, 0) is 0 Å². The van der Waals surface area contributed by atoms with Crippen molar-refractivity contribution in [1.82, 2.24) is 9.97 Å². The van der Waals surface area contributed by atoms with Gasteiger partial charge in [-0.15, -0.1) is 0 Å². The first kappa shape index (κ1) is 11.9. The Morgan fingerprint density at radius 3 is 2.65 bits per heavy atom. The fraction of sp³-hybridized carbons (Fsp3) is 0.636. The third kappa shape index (κ3) is 2.41. The van der Waals surface area contributed by atoms with E-state index in [2.05, 4.69) is 27.6 Å². The van der Waals surface area contributed by atoms with Crippen LogP contribution in [0.5, 0.6) is 5.75 Å². The molecule has 4 N–H and O–H groups in total. The summed E-state index contributed by atoms with van der Waals surface area (Å²) in [6.45, 7) is 2.17. The maximum Gasteiger partial charge on any atom is 0.205 e. The minimum atomic E-state index is 0.387. The number of nitrogens with zero attached hydrogens (tertiary/aromatic N) is 2. The van der Waals surface area contributed by atoms with Crippen molar-refractivity contribution in [1.29, 1.82) is 0 Å². The van der Waals surface area contributed by atoms with Gasteiger partial charge >= 0.3 is 0 Å². The summed E-state index contributed by atoms with van der Waals surface area (Å²) in [7, 11) is 1.58. The SMILES string of the molecule is COc1c(NN)ncnc1NC(C)C1CCC1. The second-order valence-electron chi connectivity index (χ2n) is 4.37. The van der Waals surface area contributed by atoms with E-state index in [9.17, 15) is 0 Å². The second-order valence-corrected chi connectivity index (χ2v) is 4.37. The van der Waals surface area contributed by atoms with Crippen molar-refractivity contribution in [2.45, 2.75) is 32.2 Å². The van der Waals surface area contributed by atoms with Gasteiger partial charge < -0.3 is 15.5 Å². The molecule has 0 saturated heterocycles. The molecule has 0 amide bonds. The zero-order chi connectivity index (χ0) is 12.3. The molecule has 1 fully saturated rings. The van der Waals surface area contributed by atoms with E-state index in [4.69, 9.17) is 10.6 Å². The van der Waals surface area contributed by atoms with E-state index in [1.54, 1.807) is 7.11 Å². The molecule has 1 saturated carbocycles. The molecule has 0 bridgehead atoms. The number of nitrogen functional groups attached to an aromatic ring is 1. The predicted molar refractivity (Wildman–Crippen MR) is 66.8 cm³/mol. The van der Waals surface area contributed by atoms with Crippen LogP contribution in [-0.4, -0.2) is 23.1 Å². The molecule has 0 aliphatic heterocycles. The number of hydrogen-bond donors (Lipinski definition) is 3. The van der Waals surface area contributed by atoms with Gasteiger partial charge in [0.25, 0.3) is 0 Å². The molecule has 6 heteroatoms. The maximum atomic E-state index is 5.37. The lowest BCUT2D eigenvalue weighted by molar-refractivity contribution is 0.284. The summed E-state index contributed by atoms with van der Waals surface area (Å²) < 4.78 is 5.27. The van der Waals surface area contributed by atoms with Crippen LogP contribution in [0.25, 0.3) is 0 Å². The van der Waals surface area contributed by atoms with E-state index in [0.29, 0.717) is 23.4 Å². The molecule has 1 atom stereocenters. The molecular formula is C11H19N5O. The average Bonchev–Trinajstić information content (AvgIpc) is 2.26. The Labute approximate surface area is 101 Å². The molecule has 17 heavy (non-hydrogen) atoms. The lowest BCUT2D eigenvalue weighted by atomic mass is 9.80. The quantitative estimate of drug-likeness (QED) is 0.530. The van der Waals surface area contributed by atoms with Crippen LogP contribution in [0.4, 0.5) is 11.6 Å². The number of rotatable bonds is 5. The number of hydrogen-bond acceptors (Lipinski definition) is 6. The number of ether oxygens (including phenoxy) is 1. The lowest BCUT2D eigenvalue weighted by Crippen LogP contribution is -2.31. The first-order valence-electron chi connectivity index (χ1n) is 5.88. The molecule has 2 rings (SSSR count). The van der Waals surface area contributed by atoms with Crippen molar-refractivity contribution in [3.63, 3.8) is 0 Å². The summed E-state index contributed by atoms with van der Waals surface area (Å²) in [6, 6.07) is 0.387. The highest BCUT2D eigenvalue weighted by atomic mass is 16.5. The average molecular weight is 237 g/mol. The van der Waals surface area contributed by atoms with Crippen LogP contribution in [0.3, 0.4) is 0 Å². The summed E-state index contributed by atoms with van der Waals surface area (Å²) in [4.78, 5) is 8.20. The molecule has 0 spiro atoms. The highest BCUT2D eigenvalue weighted by Crippen LogP contribution is 2.34. The molecule has 1 unspecified atom stereocenters. The Kier molecular flexibility index (Phi) is 3.63. The van der Waals surface area contributed by atoms with Gasteiger partial charge in [-0.25, -0.2) is 15.8 Å². The maximum absolute atomic E-state index is 5.37. The molecule has 0 aromatic carbocycles. The molecule has 1 aliphatic carbocycles. The predicted octanol–water partition coefficient (Wildman–Crippen LogP) is 1.37. The number of nitrogens with one attached hydrogen (secondary N) is 2. The summed E-state index contributed by atoms with van der Waals surface area (Å²) in [5.74, 6) is 7.84. The summed E-state index contributed by atoms with van der Waals surface area (Å²) in [5, 5.41) is 3.37. The Hall–Kier alpha value is -1.56. The highest BCUT2D eigenvalue weighted by Gasteiger charge is 2.25. The van der Waals surface area contributed by atoms with E-state index < -0.39 is 0 Å². The normalized spacial score (nSPS) is 17.1. The van der Waals surface area contributed by atoms with Crippen LogP contribution < -0.4 is 21.3 Å². The Morgan fingerprint density at radius 1 is 1.41 bits per heavy atom. The van der Waals surface area contributed by atoms with Crippen molar-refractivity contribution in [2.75, 3.05) is 17.9 Å². The van der Waals surface area contributed by atoms with Gasteiger partial charge in [-0.05, 0) is 25.7 Å². The van der Waals surface area contributed by atoms with Crippen molar-refractivity contribution in [3.8, 4) is 5.75 Å². The fourth-order valence-electron chi connectivity index (χ4n) is 2.05. The third-order valence-electron chi connectivity index (χ3n) is 3.37. The van der Waals surface area contributed by atoms with Crippen molar-refractivity contribution in [3.05, 3.63) is 6.33 Å². The molecule has 1 aromatic rings. The molecule has 1 aliphatic rings. The first-order chi connectivity index (χ1) is 8.26. The monoisotopic (exact) mass is 237 g/mol. The first-order valence-corrected chi connectivity index (χ1v) is 5.88. The van der Waals surface area contributed by atoms with Crippen molar-refractivity contribution >= 4 is 11.6 Å². The molecule has 6 nitrogen and oxygen atoms in total. The number of methoxy groups -OCH3 is 1. The van der Waals surface area contributed by atoms with Gasteiger partial charge in [0.15, 0.2) is 11.6 Å². The molecule has 1 aromatic heterocycles. The summed E-state index contributed by atoms with van der Waals surface area (Å²) >= 11 is 0. The number of anilines is 2. The standard InChI is InChI=1S/C11H19N5O/c1-7(8-4-3-5-8)15-10-9(17-2)11(16-12)14-6-13-10/h6-8H,3-5,12H2,1-2H3,(H2,13,14,15,16). The summed E-state index contributed by atoms with van der Waals surface area (Å²) in [5.41, 5.74) is 2.50. The second kappa shape index (κ2) is 5.18. The zero-order valence-electron chi connectivity index (χ0n) is 10.2. The van der Waals surface area contributed by atoms with E-state index in [-0.39, 0.29) is 0 Å². The smallest absolute Gasteiger partial charge is 0.205 e. The Bertz CT molecular complexity index is 380. The number of hydrazine groups is 1. The third-order valence-corrected chi connectivity index (χ3v) is 3.37. The van der Waals surface area contributed by atoms with E-state index >= 15 is 0 Å². The van der Waals surface area contributed by atoms with Crippen LogP contribution in [0.1, 0.15) is 26.2 Å². The van der Waals surface area contributed by atoms with Gasteiger partial charge in [-0.2, -0.15) is 0 Å². The number of nitrogens with two attached hydrogens (primary N) is 1. The molecular weight excluding hydrogens is 218 g/mol. The van der Waals surface area contributed by atoms with Crippen LogP contribution in [0.2, 0.25) is 0 Å². The van der Waals surface area contributed by atoms with Gasteiger partial charge in [0, 0.05) is 6.04 Å². The van der Waals surface area contributed by atoms with E-state index in [0.717, 1.165) is 5.92 Å². The molecule has 1 heterocycles. The fourth-order valence-corrected chi connectivity index (χ4v) is 2.05. The van der Waals surface area contributed by atoms with Crippen LogP contribution >= 0.6 is 0 Å². The van der Waals surface area contributed by atoms with E-state index in [1.807, 2.05) is 0 Å².